The number of nitriles is 1. The van der Waals surface area contributed by atoms with Crippen molar-refractivity contribution < 1.29 is 4.74 Å². The largest absolute Gasteiger partial charge is 0.424 e. The van der Waals surface area contributed by atoms with Crippen molar-refractivity contribution in [2.24, 2.45) is 0 Å². The average Bonchev–Trinajstić information content (AvgIpc) is 3.09. The molecule has 0 aliphatic rings. The van der Waals surface area contributed by atoms with Crippen molar-refractivity contribution in [2.75, 3.05) is 16.8 Å². The van der Waals surface area contributed by atoms with Crippen LogP contribution >= 0.6 is 0 Å². The summed E-state index contributed by atoms with van der Waals surface area (Å²) in [5.41, 5.74) is 13.9. The van der Waals surface area contributed by atoms with E-state index in [1.807, 2.05) is 30.5 Å². The first-order chi connectivity index (χ1) is 13.1. The van der Waals surface area contributed by atoms with Crippen LogP contribution in [0, 0.1) is 11.3 Å². The lowest BCUT2D eigenvalue weighted by molar-refractivity contribution is 0.442. The third kappa shape index (κ3) is 3.40. The second-order valence-electron chi connectivity index (χ2n) is 5.67. The lowest BCUT2D eigenvalue weighted by Crippen LogP contribution is -2.05. The van der Waals surface area contributed by atoms with Gasteiger partial charge in [-0.25, -0.2) is 0 Å². The molecule has 0 aliphatic heterocycles. The van der Waals surface area contributed by atoms with E-state index in [4.69, 9.17) is 21.5 Å². The molecule has 6 N–H and O–H groups in total. The van der Waals surface area contributed by atoms with Gasteiger partial charge >= 0.3 is 6.01 Å². The zero-order chi connectivity index (χ0) is 18.8. The number of anilines is 4. The van der Waals surface area contributed by atoms with E-state index < -0.39 is 0 Å². The van der Waals surface area contributed by atoms with Gasteiger partial charge in [-0.05, 0) is 42.5 Å². The van der Waals surface area contributed by atoms with E-state index in [0.717, 1.165) is 10.9 Å². The minimum atomic E-state index is 0.00633. The minimum absolute atomic E-state index is 0.00633. The molecule has 0 saturated heterocycles. The van der Waals surface area contributed by atoms with Crippen molar-refractivity contribution in [1.29, 1.82) is 5.26 Å². The van der Waals surface area contributed by atoms with Crippen molar-refractivity contribution >= 4 is 34.2 Å². The van der Waals surface area contributed by atoms with Crippen LogP contribution in [0.1, 0.15) is 5.56 Å². The van der Waals surface area contributed by atoms with Gasteiger partial charge in [-0.1, -0.05) is 0 Å². The Labute approximate surface area is 153 Å². The molecule has 9 nitrogen and oxygen atoms in total. The summed E-state index contributed by atoms with van der Waals surface area (Å²) in [6.07, 6.45) is 1.85. The monoisotopic (exact) mass is 358 g/mol. The van der Waals surface area contributed by atoms with Crippen LogP contribution in [-0.2, 0) is 0 Å². The molecule has 0 amide bonds. The summed E-state index contributed by atoms with van der Waals surface area (Å²) in [5.74, 6) is 0.775. The smallest absolute Gasteiger partial charge is 0.328 e. The van der Waals surface area contributed by atoms with Gasteiger partial charge in [-0.2, -0.15) is 20.2 Å². The first kappa shape index (κ1) is 16.2. The molecule has 0 atom stereocenters. The maximum Gasteiger partial charge on any atom is 0.328 e. The third-order valence-corrected chi connectivity index (χ3v) is 3.79. The maximum atomic E-state index is 8.95. The van der Waals surface area contributed by atoms with Crippen LogP contribution in [-0.4, -0.2) is 19.9 Å². The fraction of sp³-hybridized carbons (Fsp3) is 0. The highest BCUT2D eigenvalue weighted by Gasteiger charge is 2.09. The molecule has 4 rings (SSSR count). The first-order valence-corrected chi connectivity index (χ1v) is 7.94. The van der Waals surface area contributed by atoms with E-state index in [-0.39, 0.29) is 17.9 Å². The SMILES string of the molecule is N#Cc1ccc(Nc2nc(N)nc(Oc3ccc4[nH]ccc4c3)n2)cc1N. The predicted molar refractivity (Wildman–Crippen MR) is 101 cm³/mol. The van der Waals surface area contributed by atoms with Crippen molar-refractivity contribution in [1.82, 2.24) is 19.9 Å². The lowest BCUT2D eigenvalue weighted by Gasteiger charge is -2.09. The Balaban J connectivity index is 1.59. The summed E-state index contributed by atoms with van der Waals surface area (Å²) >= 11 is 0. The van der Waals surface area contributed by atoms with Crippen LogP contribution in [0.4, 0.5) is 23.3 Å². The molecule has 2 aromatic heterocycles. The Bertz CT molecular complexity index is 1180. The number of benzene rings is 2. The number of hydrogen-bond donors (Lipinski definition) is 4. The number of nitrogens with zero attached hydrogens (tertiary/aromatic N) is 4. The molecule has 0 fully saturated rings. The predicted octanol–water partition coefficient (Wildman–Crippen LogP) is 2.92. The van der Waals surface area contributed by atoms with Gasteiger partial charge in [0.1, 0.15) is 11.8 Å². The lowest BCUT2D eigenvalue weighted by atomic mass is 10.2. The van der Waals surface area contributed by atoms with Crippen LogP contribution in [0.2, 0.25) is 0 Å². The zero-order valence-corrected chi connectivity index (χ0v) is 14.0. The highest BCUT2D eigenvalue weighted by atomic mass is 16.5. The van der Waals surface area contributed by atoms with Gasteiger partial charge in [0.05, 0.1) is 11.3 Å². The number of rotatable bonds is 4. The van der Waals surface area contributed by atoms with Crippen LogP contribution in [0.5, 0.6) is 11.8 Å². The summed E-state index contributed by atoms with van der Waals surface area (Å²) in [4.78, 5) is 15.4. The van der Waals surface area contributed by atoms with Gasteiger partial charge in [0, 0.05) is 22.8 Å². The number of nitrogens with one attached hydrogen (secondary N) is 2. The minimum Gasteiger partial charge on any atom is -0.424 e. The summed E-state index contributed by atoms with van der Waals surface area (Å²) < 4.78 is 5.71. The topological polar surface area (TPSA) is 152 Å². The molecular weight excluding hydrogens is 344 g/mol. The van der Waals surface area contributed by atoms with Gasteiger partial charge in [0.15, 0.2) is 0 Å². The number of aromatic nitrogens is 4. The number of nitrogens with two attached hydrogens (primary N) is 2. The molecule has 4 aromatic rings. The number of fused-ring (bicyclic) bond motifs is 1. The van der Waals surface area contributed by atoms with E-state index in [1.54, 1.807) is 24.3 Å². The maximum absolute atomic E-state index is 8.95. The summed E-state index contributed by atoms with van der Waals surface area (Å²) in [7, 11) is 0. The highest BCUT2D eigenvalue weighted by molar-refractivity contribution is 5.80. The molecule has 0 saturated carbocycles. The number of H-pyrrole nitrogens is 1. The fourth-order valence-electron chi connectivity index (χ4n) is 2.55. The Kier molecular flexibility index (Phi) is 3.91. The van der Waals surface area contributed by atoms with E-state index in [2.05, 4.69) is 25.3 Å². The molecule has 132 valence electrons. The first-order valence-electron chi connectivity index (χ1n) is 7.94. The Hall–Kier alpha value is -4.32. The van der Waals surface area contributed by atoms with Crippen molar-refractivity contribution in [3.8, 4) is 17.8 Å². The number of nitrogen functional groups attached to an aromatic ring is 2. The van der Waals surface area contributed by atoms with Crippen LogP contribution in [0.25, 0.3) is 10.9 Å². The van der Waals surface area contributed by atoms with Gasteiger partial charge < -0.3 is 26.5 Å². The van der Waals surface area contributed by atoms with Crippen LogP contribution < -0.4 is 21.5 Å². The van der Waals surface area contributed by atoms with E-state index in [9.17, 15) is 0 Å². The molecule has 0 radical (unpaired) electrons. The Morgan fingerprint density at radius 3 is 2.74 bits per heavy atom. The van der Waals surface area contributed by atoms with Crippen molar-refractivity contribution in [3.05, 3.63) is 54.2 Å². The summed E-state index contributed by atoms with van der Waals surface area (Å²) in [6.45, 7) is 0. The summed E-state index contributed by atoms with van der Waals surface area (Å²) in [6, 6.07) is 14.5. The van der Waals surface area contributed by atoms with Crippen LogP contribution in [0.15, 0.2) is 48.7 Å². The Morgan fingerprint density at radius 2 is 1.93 bits per heavy atom. The second-order valence-corrected chi connectivity index (χ2v) is 5.67. The quantitative estimate of drug-likeness (QED) is 0.406. The standard InChI is InChI=1S/C18H14N8O/c19-9-11-1-2-12(8-14(11)20)23-17-24-16(21)25-18(26-17)27-13-3-4-15-10(7-13)5-6-22-15/h1-8,22H,20H2,(H3,21,23,24,25,26). The van der Waals surface area contributed by atoms with Crippen molar-refractivity contribution in [3.63, 3.8) is 0 Å². The number of ether oxygens (including phenoxy) is 1. The van der Waals surface area contributed by atoms with Gasteiger partial charge in [0.25, 0.3) is 0 Å². The normalized spacial score (nSPS) is 10.5. The fourth-order valence-corrected chi connectivity index (χ4v) is 2.55. The molecule has 9 heteroatoms. The number of aromatic amines is 1. The molecular formula is C18H14N8O. The van der Waals surface area contributed by atoms with E-state index in [0.29, 0.717) is 22.7 Å². The molecule has 0 spiro atoms. The van der Waals surface area contributed by atoms with Crippen LogP contribution in [0.3, 0.4) is 0 Å². The highest BCUT2D eigenvalue weighted by Crippen LogP contribution is 2.25. The average molecular weight is 358 g/mol. The second kappa shape index (κ2) is 6.53. The molecule has 0 bridgehead atoms. The van der Waals surface area contributed by atoms with E-state index >= 15 is 0 Å². The molecule has 0 aliphatic carbocycles. The number of hydrogen-bond acceptors (Lipinski definition) is 8. The van der Waals surface area contributed by atoms with E-state index in [1.165, 1.54) is 0 Å². The molecule has 2 heterocycles. The molecule has 27 heavy (non-hydrogen) atoms. The third-order valence-electron chi connectivity index (χ3n) is 3.79. The Morgan fingerprint density at radius 1 is 1.04 bits per heavy atom. The van der Waals surface area contributed by atoms with Gasteiger partial charge in [-0.3, -0.25) is 0 Å². The van der Waals surface area contributed by atoms with Gasteiger partial charge in [0.2, 0.25) is 11.9 Å². The zero-order valence-electron chi connectivity index (χ0n) is 14.0. The molecule has 2 aromatic carbocycles. The summed E-state index contributed by atoms with van der Waals surface area (Å²) in [5, 5.41) is 12.9. The van der Waals surface area contributed by atoms with Crippen molar-refractivity contribution in [2.45, 2.75) is 0 Å². The molecule has 0 unspecified atom stereocenters. The van der Waals surface area contributed by atoms with Gasteiger partial charge in [-0.15, -0.1) is 0 Å².